The lowest BCUT2D eigenvalue weighted by atomic mass is 9.92. The molecule has 4 rings (SSSR count). The summed E-state index contributed by atoms with van der Waals surface area (Å²) in [5, 5.41) is 0.761. The van der Waals surface area contributed by atoms with Gasteiger partial charge in [-0.1, -0.05) is 20.8 Å². The van der Waals surface area contributed by atoms with Gasteiger partial charge in [-0.3, -0.25) is 9.36 Å². The topological polar surface area (TPSA) is 67.2 Å². The van der Waals surface area contributed by atoms with Gasteiger partial charge in [0, 0.05) is 43.0 Å². The average Bonchev–Trinajstić information content (AvgIpc) is 3.10. The molecule has 0 aliphatic carbocycles. The Morgan fingerprint density at radius 2 is 1.76 bits per heavy atom. The molecule has 0 bridgehead atoms. The quantitative estimate of drug-likeness (QED) is 0.543. The van der Waals surface area contributed by atoms with E-state index < -0.39 is 17.2 Å². The van der Waals surface area contributed by atoms with Crippen LogP contribution in [0.25, 0.3) is 16.9 Å². The van der Waals surface area contributed by atoms with Gasteiger partial charge in [-0.2, -0.15) is 13.2 Å². The number of rotatable bonds is 2. The maximum absolute atomic E-state index is 13.3. The number of hydrogen-bond donors (Lipinski definition) is 0. The Morgan fingerprint density at radius 3 is 2.41 bits per heavy atom. The Bertz CT molecular complexity index is 1230. The second-order valence-electron chi connectivity index (χ2n) is 10.0. The summed E-state index contributed by atoms with van der Waals surface area (Å²) < 4.78 is 41.3. The van der Waals surface area contributed by atoms with Crippen LogP contribution in [0, 0.1) is 12.3 Å². The van der Waals surface area contributed by atoms with Gasteiger partial charge in [0.25, 0.3) is 0 Å². The molecule has 7 nitrogen and oxygen atoms in total. The van der Waals surface area contributed by atoms with Crippen LogP contribution < -0.4 is 4.90 Å². The second-order valence-corrected chi connectivity index (χ2v) is 10.0. The molecule has 0 aromatic carbocycles. The molecule has 1 fully saturated rings. The van der Waals surface area contributed by atoms with Gasteiger partial charge in [-0.05, 0) is 38.5 Å². The molecular weight excluding hydrogens is 445 g/mol. The van der Waals surface area contributed by atoms with E-state index in [0.29, 0.717) is 24.6 Å². The van der Waals surface area contributed by atoms with Gasteiger partial charge in [-0.25, -0.2) is 15.0 Å². The van der Waals surface area contributed by atoms with Crippen molar-refractivity contribution in [2.75, 3.05) is 18.0 Å². The molecule has 182 valence electrons. The van der Waals surface area contributed by atoms with Crippen LogP contribution >= 0.6 is 0 Å². The van der Waals surface area contributed by atoms with Gasteiger partial charge in [0.05, 0.1) is 10.9 Å². The first kappa shape index (κ1) is 24.0. The number of aryl methyl sites for hydroxylation is 1. The number of carbonyl (C=O) groups is 1. The van der Waals surface area contributed by atoms with E-state index in [1.807, 2.05) is 46.4 Å². The van der Waals surface area contributed by atoms with Crippen molar-refractivity contribution in [3.63, 3.8) is 0 Å². The smallest absolute Gasteiger partial charge is 0.349 e. The van der Waals surface area contributed by atoms with E-state index in [-0.39, 0.29) is 23.8 Å². The van der Waals surface area contributed by atoms with Crippen LogP contribution in [-0.4, -0.2) is 55.5 Å². The number of halogens is 3. The van der Waals surface area contributed by atoms with Crippen LogP contribution in [0.4, 0.5) is 19.0 Å². The lowest BCUT2D eigenvalue weighted by Crippen LogP contribution is -2.60. The van der Waals surface area contributed by atoms with E-state index in [1.165, 1.54) is 6.33 Å². The third-order valence-corrected chi connectivity index (χ3v) is 6.23. The first-order valence-corrected chi connectivity index (χ1v) is 11.2. The number of piperazine rings is 1. The number of aromatic nitrogens is 4. The summed E-state index contributed by atoms with van der Waals surface area (Å²) in [5.41, 5.74) is 0.0815. The number of nitrogens with zero attached hydrogens (tertiary/aromatic N) is 6. The Balaban J connectivity index is 1.74. The number of pyridine rings is 1. The zero-order chi connectivity index (χ0) is 25.0. The van der Waals surface area contributed by atoms with E-state index >= 15 is 0 Å². The van der Waals surface area contributed by atoms with Crippen molar-refractivity contribution in [3.05, 3.63) is 42.0 Å². The van der Waals surface area contributed by atoms with E-state index in [4.69, 9.17) is 0 Å². The monoisotopic (exact) mass is 474 g/mol. The number of amides is 1. The molecule has 3 aromatic rings. The number of fused-ring (bicyclic) bond motifs is 1. The fourth-order valence-electron chi connectivity index (χ4n) is 4.48. The average molecular weight is 475 g/mol. The maximum Gasteiger partial charge on any atom is 0.416 e. The zero-order valence-electron chi connectivity index (χ0n) is 20.2. The maximum atomic E-state index is 13.3. The summed E-state index contributed by atoms with van der Waals surface area (Å²) >= 11 is 0. The molecule has 0 N–H and O–H groups in total. The summed E-state index contributed by atoms with van der Waals surface area (Å²) in [6.45, 7) is 12.8. The zero-order valence-corrected chi connectivity index (χ0v) is 20.2. The molecular formula is C24H29F3N6O. The molecule has 0 spiro atoms. The van der Waals surface area contributed by atoms with Gasteiger partial charge in [0.15, 0.2) is 5.65 Å². The van der Waals surface area contributed by atoms with Crippen LogP contribution in [0.5, 0.6) is 0 Å². The highest BCUT2D eigenvalue weighted by Crippen LogP contribution is 2.34. The van der Waals surface area contributed by atoms with Gasteiger partial charge in [0.2, 0.25) is 5.91 Å². The van der Waals surface area contributed by atoms with E-state index in [2.05, 4.69) is 19.9 Å². The largest absolute Gasteiger partial charge is 0.416 e. The number of carbonyl (C=O) groups excluding carboxylic acids is 1. The number of hydrogen-bond acceptors (Lipinski definition) is 5. The molecule has 0 radical (unpaired) electrons. The second kappa shape index (κ2) is 8.25. The number of anilines is 1. The van der Waals surface area contributed by atoms with Crippen LogP contribution in [0.1, 0.15) is 45.7 Å². The predicted molar refractivity (Wildman–Crippen MR) is 124 cm³/mol. The fourth-order valence-corrected chi connectivity index (χ4v) is 4.48. The SMILES string of the molecule is Cc1cn(-c2cc(C(F)(F)F)ccn2)c2ncnc(N3C[C@@H](C)N(C(=O)C(C)(C)C)C[C@@H]3C)c12. The van der Waals surface area contributed by atoms with Crippen LogP contribution in [-0.2, 0) is 11.0 Å². The first-order valence-electron chi connectivity index (χ1n) is 11.2. The van der Waals surface area contributed by atoms with Crippen molar-refractivity contribution in [2.45, 2.75) is 59.8 Å². The van der Waals surface area contributed by atoms with Gasteiger partial charge in [0.1, 0.15) is 18.0 Å². The summed E-state index contributed by atoms with van der Waals surface area (Å²) in [7, 11) is 0. The first-order chi connectivity index (χ1) is 15.8. The highest BCUT2D eigenvalue weighted by atomic mass is 19.4. The van der Waals surface area contributed by atoms with Crippen molar-refractivity contribution < 1.29 is 18.0 Å². The normalized spacial score (nSPS) is 19.7. The van der Waals surface area contributed by atoms with Crippen molar-refractivity contribution in [1.82, 2.24) is 24.4 Å². The lowest BCUT2D eigenvalue weighted by Gasteiger charge is -2.46. The van der Waals surface area contributed by atoms with Gasteiger partial charge < -0.3 is 9.80 Å². The molecule has 2 atom stereocenters. The third-order valence-electron chi connectivity index (χ3n) is 6.23. The Morgan fingerprint density at radius 1 is 1.06 bits per heavy atom. The highest BCUT2D eigenvalue weighted by molar-refractivity contribution is 5.92. The van der Waals surface area contributed by atoms with E-state index in [9.17, 15) is 18.0 Å². The summed E-state index contributed by atoms with van der Waals surface area (Å²) in [6.07, 6.45) is -0.160. The van der Waals surface area contributed by atoms with Crippen molar-refractivity contribution in [1.29, 1.82) is 0 Å². The Labute approximate surface area is 196 Å². The van der Waals surface area contributed by atoms with Crippen molar-refractivity contribution in [2.24, 2.45) is 5.41 Å². The Kier molecular flexibility index (Phi) is 5.81. The van der Waals surface area contributed by atoms with Crippen LogP contribution in [0.3, 0.4) is 0 Å². The summed E-state index contributed by atoms with van der Waals surface area (Å²) in [6, 6.07) is 1.93. The molecule has 1 amide bonds. The minimum Gasteiger partial charge on any atom is -0.349 e. The molecule has 4 heterocycles. The molecule has 1 aliphatic rings. The van der Waals surface area contributed by atoms with Crippen LogP contribution in [0.15, 0.2) is 30.9 Å². The highest BCUT2D eigenvalue weighted by Gasteiger charge is 2.38. The Hall–Kier alpha value is -3.17. The van der Waals surface area contributed by atoms with Gasteiger partial charge >= 0.3 is 6.18 Å². The molecule has 1 saturated heterocycles. The summed E-state index contributed by atoms with van der Waals surface area (Å²) in [4.78, 5) is 30.1. The van der Waals surface area contributed by atoms with E-state index in [0.717, 1.165) is 29.3 Å². The molecule has 0 unspecified atom stereocenters. The molecule has 3 aromatic heterocycles. The van der Waals surface area contributed by atoms with Crippen LogP contribution in [0.2, 0.25) is 0 Å². The molecule has 34 heavy (non-hydrogen) atoms. The van der Waals surface area contributed by atoms with E-state index in [1.54, 1.807) is 10.8 Å². The number of alkyl halides is 3. The molecule has 1 aliphatic heterocycles. The van der Waals surface area contributed by atoms with Gasteiger partial charge in [-0.15, -0.1) is 0 Å². The van der Waals surface area contributed by atoms with Crippen molar-refractivity contribution in [3.8, 4) is 5.82 Å². The summed E-state index contributed by atoms with van der Waals surface area (Å²) in [5.74, 6) is 0.951. The molecule has 0 saturated carbocycles. The van der Waals surface area contributed by atoms with Crippen molar-refractivity contribution >= 4 is 22.8 Å². The predicted octanol–water partition coefficient (Wildman–Crippen LogP) is 4.61. The minimum atomic E-state index is -4.47. The standard InChI is InChI=1S/C24H29F3N6O/c1-14-10-33(18-9-17(7-8-28-18)24(25,26)27)21-19(14)20(29-13-30-21)31-11-16(3)32(12-15(31)2)22(34)23(4,5)6/h7-10,13,15-16H,11-12H2,1-6H3/t15-,16+/m0/s1. The third kappa shape index (κ3) is 4.21. The molecule has 10 heteroatoms. The lowest BCUT2D eigenvalue weighted by molar-refractivity contribution is -0.142. The fraction of sp³-hybridized carbons (Fsp3) is 0.500. The minimum absolute atomic E-state index is 0.00460.